The van der Waals surface area contributed by atoms with Crippen molar-refractivity contribution in [2.24, 2.45) is 5.92 Å². The zero-order chi connectivity index (χ0) is 11.6. The molecule has 0 aromatic heterocycles. The monoisotopic (exact) mass is 214 g/mol. The van der Waals surface area contributed by atoms with E-state index in [1.54, 1.807) is 11.8 Å². The summed E-state index contributed by atoms with van der Waals surface area (Å²) >= 11 is 0. The maximum absolute atomic E-state index is 11.8. The summed E-state index contributed by atoms with van der Waals surface area (Å²) in [5.74, 6) is -0.959. The van der Waals surface area contributed by atoms with Crippen molar-refractivity contribution < 1.29 is 14.7 Å². The van der Waals surface area contributed by atoms with Crippen LogP contribution in [-0.2, 0) is 9.59 Å². The first-order chi connectivity index (χ1) is 6.95. The van der Waals surface area contributed by atoms with Gasteiger partial charge in [-0.15, -0.1) is 0 Å². The third kappa shape index (κ3) is 2.47. The van der Waals surface area contributed by atoms with Crippen LogP contribution in [0.25, 0.3) is 0 Å². The van der Waals surface area contributed by atoms with Gasteiger partial charge >= 0.3 is 5.97 Å². The lowest BCUT2D eigenvalue weighted by molar-refractivity contribution is -0.146. The van der Waals surface area contributed by atoms with Crippen molar-refractivity contribution >= 4 is 11.9 Å². The van der Waals surface area contributed by atoms with E-state index in [0.717, 1.165) is 0 Å². The van der Waals surface area contributed by atoms with Crippen molar-refractivity contribution in [3.05, 3.63) is 0 Å². The summed E-state index contributed by atoms with van der Waals surface area (Å²) < 4.78 is 0. The topological polar surface area (TPSA) is 69.6 Å². The summed E-state index contributed by atoms with van der Waals surface area (Å²) in [6.45, 7) is 6.55. The van der Waals surface area contributed by atoms with E-state index in [1.807, 2.05) is 13.8 Å². The molecule has 1 aliphatic heterocycles. The van der Waals surface area contributed by atoms with Crippen LogP contribution in [0.5, 0.6) is 0 Å². The van der Waals surface area contributed by atoms with E-state index in [-0.39, 0.29) is 17.9 Å². The molecule has 0 saturated carbocycles. The van der Waals surface area contributed by atoms with E-state index < -0.39 is 12.0 Å². The SMILES string of the molecule is CC(C)C(=O)N1CCNC(C(=O)O)C1C. The smallest absolute Gasteiger partial charge is 0.322 e. The van der Waals surface area contributed by atoms with Gasteiger partial charge in [-0.25, -0.2) is 0 Å². The highest BCUT2D eigenvalue weighted by Gasteiger charge is 2.35. The largest absolute Gasteiger partial charge is 0.480 e. The minimum atomic E-state index is -0.899. The lowest BCUT2D eigenvalue weighted by Gasteiger charge is -2.39. The predicted molar refractivity (Wildman–Crippen MR) is 55.4 cm³/mol. The van der Waals surface area contributed by atoms with Gasteiger partial charge in [0.05, 0.1) is 6.04 Å². The minimum absolute atomic E-state index is 0.0234. The molecule has 0 aromatic rings. The van der Waals surface area contributed by atoms with Crippen LogP contribution in [0.4, 0.5) is 0 Å². The molecule has 2 N–H and O–H groups in total. The van der Waals surface area contributed by atoms with E-state index in [4.69, 9.17) is 5.11 Å². The third-order valence-electron chi connectivity index (χ3n) is 2.73. The summed E-state index contributed by atoms with van der Waals surface area (Å²) in [6.07, 6.45) is 0. The van der Waals surface area contributed by atoms with Crippen LogP contribution in [-0.4, -0.2) is 47.1 Å². The zero-order valence-corrected chi connectivity index (χ0v) is 9.36. The molecule has 0 spiro atoms. The molecule has 1 rings (SSSR count). The van der Waals surface area contributed by atoms with Gasteiger partial charge in [-0.3, -0.25) is 9.59 Å². The molecule has 0 radical (unpaired) electrons. The molecule has 1 heterocycles. The highest BCUT2D eigenvalue weighted by molar-refractivity contribution is 5.81. The van der Waals surface area contributed by atoms with Crippen molar-refractivity contribution in [1.29, 1.82) is 0 Å². The van der Waals surface area contributed by atoms with Gasteiger partial charge in [-0.2, -0.15) is 0 Å². The van der Waals surface area contributed by atoms with Gasteiger partial charge in [0, 0.05) is 19.0 Å². The Morgan fingerprint density at radius 3 is 2.53 bits per heavy atom. The number of piperazine rings is 1. The molecule has 2 unspecified atom stereocenters. The predicted octanol–water partition coefficient (Wildman–Crippen LogP) is -0.0841. The van der Waals surface area contributed by atoms with Crippen LogP contribution >= 0.6 is 0 Å². The zero-order valence-electron chi connectivity index (χ0n) is 9.36. The first kappa shape index (κ1) is 12.0. The number of carboxylic acid groups (broad SMARTS) is 1. The van der Waals surface area contributed by atoms with Crippen LogP contribution < -0.4 is 5.32 Å². The second-order valence-electron chi connectivity index (χ2n) is 4.20. The molecule has 2 atom stereocenters. The Kier molecular flexibility index (Phi) is 3.68. The summed E-state index contributed by atoms with van der Waals surface area (Å²) in [6, 6.07) is -0.937. The fourth-order valence-corrected chi connectivity index (χ4v) is 1.83. The third-order valence-corrected chi connectivity index (χ3v) is 2.73. The molecular formula is C10H18N2O3. The quantitative estimate of drug-likeness (QED) is 0.674. The molecule has 0 bridgehead atoms. The molecular weight excluding hydrogens is 196 g/mol. The number of nitrogens with one attached hydrogen (secondary N) is 1. The van der Waals surface area contributed by atoms with Gasteiger partial charge in [0.15, 0.2) is 0 Å². The fourth-order valence-electron chi connectivity index (χ4n) is 1.83. The number of carbonyl (C=O) groups excluding carboxylic acids is 1. The molecule has 0 aromatic carbocycles. The summed E-state index contributed by atoms with van der Waals surface area (Å²) in [7, 11) is 0. The number of aliphatic carboxylic acids is 1. The minimum Gasteiger partial charge on any atom is -0.480 e. The van der Waals surface area contributed by atoms with Gasteiger partial charge in [0.1, 0.15) is 6.04 Å². The van der Waals surface area contributed by atoms with Crippen LogP contribution in [0.1, 0.15) is 20.8 Å². The Morgan fingerprint density at radius 2 is 2.07 bits per heavy atom. The maximum atomic E-state index is 11.8. The summed E-state index contributed by atoms with van der Waals surface area (Å²) in [5, 5.41) is 11.8. The van der Waals surface area contributed by atoms with Crippen molar-refractivity contribution in [2.75, 3.05) is 13.1 Å². The first-order valence-electron chi connectivity index (χ1n) is 5.21. The van der Waals surface area contributed by atoms with Crippen molar-refractivity contribution in [3.8, 4) is 0 Å². The number of amides is 1. The average Bonchev–Trinajstić information content (AvgIpc) is 2.16. The van der Waals surface area contributed by atoms with Gasteiger partial charge in [0.25, 0.3) is 0 Å². The van der Waals surface area contributed by atoms with Crippen molar-refractivity contribution in [3.63, 3.8) is 0 Å². The fraction of sp³-hybridized carbons (Fsp3) is 0.800. The van der Waals surface area contributed by atoms with Gasteiger partial charge in [0.2, 0.25) is 5.91 Å². The van der Waals surface area contributed by atoms with E-state index in [2.05, 4.69) is 5.32 Å². The van der Waals surface area contributed by atoms with Crippen molar-refractivity contribution in [1.82, 2.24) is 10.2 Å². The average molecular weight is 214 g/mol. The second kappa shape index (κ2) is 4.61. The number of hydrogen-bond acceptors (Lipinski definition) is 3. The Balaban J connectivity index is 2.74. The Morgan fingerprint density at radius 1 is 1.47 bits per heavy atom. The highest BCUT2D eigenvalue weighted by atomic mass is 16.4. The van der Waals surface area contributed by atoms with Crippen LogP contribution in [0.3, 0.4) is 0 Å². The molecule has 1 aliphatic rings. The Hall–Kier alpha value is -1.10. The van der Waals surface area contributed by atoms with Gasteiger partial charge < -0.3 is 15.3 Å². The maximum Gasteiger partial charge on any atom is 0.322 e. The highest BCUT2D eigenvalue weighted by Crippen LogP contribution is 2.13. The van der Waals surface area contributed by atoms with Gasteiger partial charge in [-0.1, -0.05) is 13.8 Å². The van der Waals surface area contributed by atoms with Crippen LogP contribution in [0.2, 0.25) is 0 Å². The number of carbonyl (C=O) groups is 2. The molecule has 1 amide bonds. The normalized spacial score (nSPS) is 26.8. The van der Waals surface area contributed by atoms with E-state index >= 15 is 0 Å². The van der Waals surface area contributed by atoms with Gasteiger partial charge in [-0.05, 0) is 6.92 Å². The standard InChI is InChI=1S/C10H18N2O3/c1-6(2)9(13)12-5-4-11-8(7(12)3)10(14)15/h6-8,11H,4-5H2,1-3H3,(H,14,15). The molecule has 15 heavy (non-hydrogen) atoms. The molecule has 5 nitrogen and oxygen atoms in total. The lowest BCUT2D eigenvalue weighted by Crippen LogP contribution is -2.61. The first-order valence-corrected chi connectivity index (χ1v) is 5.21. The Bertz CT molecular complexity index is 265. The summed E-state index contributed by atoms with van der Waals surface area (Å²) in [5.41, 5.74) is 0. The second-order valence-corrected chi connectivity index (χ2v) is 4.20. The molecule has 5 heteroatoms. The van der Waals surface area contributed by atoms with Crippen LogP contribution in [0.15, 0.2) is 0 Å². The van der Waals surface area contributed by atoms with Crippen LogP contribution in [0, 0.1) is 5.92 Å². The van der Waals surface area contributed by atoms with E-state index in [0.29, 0.717) is 13.1 Å². The number of nitrogens with zero attached hydrogens (tertiary/aromatic N) is 1. The molecule has 0 aliphatic carbocycles. The van der Waals surface area contributed by atoms with E-state index in [9.17, 15) is 9.59 Å². The number of carboxylic acids is 1. The summed E-state index contributed by atoms with van der Waals surface area (Å²) in [4.78, 5) is 24.3. The van der Waals surface area contributed by atoms with E-state index in [1.165, 1.54) is 0 Å². The Labute approximate surface area is 89.4 Å². The number of rotatable bonds is 2. The molecule has 1 fully saturated rings. The number of hydrogen-bond donors (Lipinski definition) is 2. The molecule has 86 valence electrons. The molecule has 1 saturated heterocycles. The van der Waals surface area contributed by atoms with Crippen molar-refractivity contribution in [2.45, 2.75) is 32.9 Å². The lowest BCUT2D eigenvalue weighted by atomic mass is 10.0.